The Hall–Kier alpha value is -0.670. The van der Waals surface area contributed by atoms with Gasteiger partial charge in [0.2, 0.25) is 0 Å². The van der Waals surface area contributed by atoms with E-state index in [-0.39, 0.29) is 17.5 Å². The normalized spacial score (nSPS) is 24.5. The molecule has 0 aromatic carbocycles. The molecular formula is C10H13F3N2O2S2. The number of halogens is 3. The maximum absolute atomic E-state index is 12.4. The fourth-order valence-corrected chi connectivity index (χ4v) is 4.41. The van der Waals surface area contributed by atoms with Crippen LogP contribution in [0.5, 0.6) is 0 Å². The number of hydrogen-bond donors (Lipinski definition) is 0. The van der Waals surface area contributed by atoms with E-state index in [1.165, 1.54) is 6.20 Å². The Balaban J connectivity index is 2.04. The molecule has 1 aliphatic heterocycles. The van der Waals surface area contributed by atoms with Crippen molar-refractivity contribution in [2.45, 2.75) is 25.7 Å². The van der Waals surface area contributed by atoms with Crippen molar-refractivity contribution in [2.75, 3.05) is 18.1 Å². The van der Waals surface area contributed by atoms with Crippen molar-refractivity contribution in [1.82, 2.24) is 9.88 Å². The summed E-state index contributed by atoms with van der Waals surface area (Å²) in [4.78, 5) is 5.72. The van der Waals surface area contributed by atoms with Gasteiger partial charge in [-0.05, 0) is 6.92 Å². The summed E-state index contributed by atoms with van der Waals surface area (Å²) in [7, 11) is -3.01. The summed E-state index contributed by atoms with van der Waals surface area (Å²) in [5.74, 6) is 0.111. The number of alkyl halides is 3. The largest absolute Gasteiger partial charge is 0.443 e. The zero-order valence-corrected chi connectivity index (χ0v) is 11.8. The topological polar surface area (TPSA) is 50.3 Å². The highest BCUT2D eigenvalue weighted by Gasteiger charge is 2.35. The first-order valence-electron chi connectivity index (χ1n) is 5.64. The fourth-order valence-electron chi connectivity index (χ4n) is 1.98. The van der Waals surface area contributed by atoms with Gasteiger partial charge in [0.05, 0.1) is 11.5 Å². The van der Waals surface area contributed by atoms with Crippen LogP contribution in [-0.4, -0.2) is 42.4 Å². The maximum atomic E-state index is 12.4. The molecule has 108 valence electrons. The van der Waals surface area contributed by atoms with Gasteiger partial charge in [0.1, 0.15) is 0 Å². The summed E-state index contributed by atoms with van der Waals surface area (Å²) >= 11 is 0.608. The van der Waals surface area contributed by atoms with Crippen LogP contribution in [0.1, 0.15) is 16.8 Å². The van der Waals surface area contributed by atoms with Crippen molar-refractivity contribution in [2.24, 2.45) is 0 Å². The number of rotatable bonds is 2. The van der Waals surface area contributed by atoms with Crippen LogP contribution in [0.15, 0.2) is 6.20 Å². The minimum Gasteiger partial charge on any atom is -0.294 e. The number of aromatic nitrogens is 1. The molecule has 1 fully saturated rings. The van der Waals surface area contributed by atoms with Crippen LogP contribution in [-0.2, 0) is 22.6 Å². The highest BCUT2D eigenvalue weighted by Crippen LogP contribution is 2.33. The Labute approximate surface area is 113 Å². The Morgan fingerprint density at radius 1 is 1.53 bits per heavy atom. The van der Waals surface area contributed by atoms with Gasteiger partial charge in [-0.2, -0.15) is 13.2 Å². The van der Waals surface area contributed by atoms with Crippen LogP contribution < -0.4 is 0 Å². The third kappa shape index (κ3) is 3.67. The van der Waals surface area contributed by atoms with Gasteiger partial charge in [0.15, 0.2) is 14.8 Å². The highest BCUT2D eigenvalue weighted by molar-refractivity contribution is 7.91. The lowest BCUT2D eigenvalue weighted by atomic mass is 10.3. The first-order valence-corrected chi connectivity index (χ1v) is 8.27. The van der Waals surface area contributed by atoms with E-state index in [9.17, 15) is 21.6 Å². The molecule has 4 nitrogen and oxygen atoms in total. The van der Waals surface area contributed by atoms with Gasteiger partial charge in [-0.1, -0.05) is 0 Å². The molecule has 1 aromatic heterocycles. The lowest BCUT2D eigenvalue weighted by Crippen LogP contribution is -2.46. The molecule has 2 rings (SSSR count). The lowest BCUT2D eigenvalue weighted by Gasteiger charge is -2.32. The van der Waals surface area contributed by atoms with E-state index < -0.39 is 21.0 Å². The zero-order chi connectivity index (χ0) is 14.3. The quantitative estimate of drug-likeness (QED) is 0.835. The van der Waals surface area contributed by atoms with Crippen LogP contribution >= 0.6 is 11.3 Å². The molecule has 1 aromatic rings. The van der Waals surface area contributed by atoms with E-state index in [1.54, 1.807) is 6.92 Å². The second-order valence-electron chi connectivity index (χ2n) is 4.56. The molecule has 1 aliphatic rings. The molecule has 1 unspecified atom stereocenters. The average Bonchev–Trinajstić information content (AvgIpc) is 2.69. The first-order chi connectivity index (χ1) is 8.67. The predicted molar refractivity (Wildman–Crippen MR) is 65.6 cm³/mol. The van der Waals surface area contributed by atoms with Crippen LogP contribution in [0.4, 0.5) is 13.2 Å². The molecule has 0 bridgehead atoms. The molecule has 9 heteroatoms. The van der Waals surface area contributed by atoms with Crippen molar-refractivity contribution >= 4 is 21.2 Å². The van der Waals surface area contributed by atoms with E-state index in [0.29, 0.717) is 29.3 Å². The fraction of sp³-hybridized carbons (Fsp3) is 0.700. The predicted octanol–water partition coefficient (Wildman–Crippen LogP) is 1.78. The van der Waals surface area contributed by atoms with Gasteiger partial charge in [-0.3, -0.25) is 4.90 Å². The van der Waals surface area contributed by atoms with Crippen molar-refractivity contribution < 1.29 is 21.6 Å². The Morgan fingerprint density at radius 3 is 2.74 bits per heavy atom. The second-order valence-corrected chi connectivity index (χ2v) is 7.91. The minimum atomic E-state index is -4.42. The summed E-state index contributed by atoms with van der Waals surface area (Å²) in [5.41, 5.74) is 0. The van der Waals surface area contributed by atoms with Gasteiger partial charge in [-0.15, -0.1) is 11.3 Å². The number of sulfone groups is 1. The molecule has 0 amide bonds. The van der Waals surface area contributed by atoms with Gasteiger partial charge in [-0.25, -0.2) is 13.4 Å². The SMILES string of the molecule is CC1CS(=O)(=O)CCN1Cc1cnc(C(F)(F)F)s1. The van der Waals surface area contributed by atoms with E-state index in [2.05, 4.69) is 4.98 Å². The van der Waals surface area contributed by atoms with E-state index in [4.69, 9.17) is 0 Å². The molecule has 19 heavy (non-hydrogen) atoms. The molecule has 0 aliphatic carbocycles. The average molecular weight is 314 g/mol. The summed E-state index contributed by atoms with van der Waals surface area (Å²) in [6, 6.07) is -0.185. The number of hydrogen-bond acceptors (Lipinski definition) is 5. The van der Waals surface area contributed by atoms with Crippen LogP contribution in [0.25, 0.3) is 0 Å². The van der Waals surface area contributed by atoms with Gasteiger partial charge in [0, 0.05) is 30.2 Å². The standard InChI is InChI=1S/C10H13F3N2O2S2/c1-7-6-19(16,17)3-2-15(7)5-8-4-14-9(18-8)10(11,12)13/h4,7H,2-3,5-6H2,1H3. The molecule has 2 heterocycles. The third-order valence-corrected chi connectivity index (χ3v) is 5.78. The van der Waals surface area contributed by atoms with Crippen LogP contribution in [0.3, 0.4) is 0 Å². The molecule has 0 spiro atoms. The highest BCUT2D eigenvalue weighted by atomic mass is 32.2. The van der Waals surface area contributed by atoms with Crippen LogP contribution in [0, 0.1) is 0 Å². The van der Waals surface area contributed by atoms with Crippen LogP contribution in [0.2, 0.25) is 0 Å². The van der Waals surface area contributed by atoms with Crippen molar-refractivity contribution in [3.63, 3.8) is 0 Å². The summed E-state index contributed by atoms with van der Waals surface area (Å²) < 4.78 is 60.1. The summed E-state index contributed by atoms with van der Waals surface area (Å²) in [6.07, 6.45) is -3.21. The van der Waals surface area contributed by atoms with E-state index >= 15 is 0 Å². The smallest absolute Gasteiger partial charge is 0.294 e. The molecule has 1 atom stereocenters. The van der Waals surface area contributed by atoms with Gasteiger partial charge >= 0.3 is 6.18 Å². The number of thiazole rings is 1. The molecule has 0 radical (unpaired) electrons. The molecular weight excluding hydrogens is 301 g/mol. The molecule has 0 saturated carbocycles. The molecule has 1 saturated heterocycles. The van der Waals surface area contributed by atoms with E-state index in [1.807, 2.05) is 4.90 Å². The van der Waals surface area contributed by atoms with Crippen molar-refractivity contribution in [3.05, 3.63) is 16.1 Å². The van der Waals surface area contributed by atoms with Gasteiger partial charge in [0.25, 0.3) is 0 Å². The monoisotopic (exact) mass is 314 g/mol. The second kappa shape index (κ2) is 5.02. The molecule has 0 N–H and O–H groups in total. The zero-order valence-electron chi connectivity index (χ0n) is 10.1. The summed E-state index contributed by atoms with van der Waals surface area (Å²) in [5, 5.41) is -0.861. The minimum absolute atomic E-state index is 0.0535. The van der Waals surface area contributed by atoms with Crippen molar-refractivity contribution in [1.29, 1.82) is 0 Å². The Bertz CT molecular complexity index is 553. The van der Waals surface area contributed by atoms with Crippen molar-refractivity contribution in [3.8, 4) is 0 Å². The third-order valence-electron chi connectivity index (χ3n) is 2.96. The number of nitrogens with zero attached hydrogens (tertiary/aromatic N) is 2. The Kier molecular flexibility index (Phi) is 3.90. The lowest BCUT2D eigenvalue weighted by molar-refractivity contribution is -0.137. The van der Waals surface area contributed by atoms with Gasteiger partial charge < -0.3 is 0 Å². The Morgan fingerprint density at radius 2 is 2.21 bits per heavy atom. The first kappa shape index (κ1) is 14.7. The maximum Gasteiger partial charge on any atom is 0.443 e. The summed E-state index contributed by atoms with van der Waals surface area (Å²) in [6.45, 7) is 2.43. The van der Waals surface area contributed by atoms with E-state index in [0.717, 1.165) is 0 Å².